The smallest absolute Gasteiger partial charge is 0.132 e. The van der Waals surface area contributed by atoms with Crippen LogP contribution >= 0.6 is 15.9 Å². The molecule has 1 fully saturated rings. The van der Waals surface area contributed by atoms with Crippen LogP contribution in [0.4, 0.5) is 5.82 Å². The number of anilines is 1. The first kappa shape index (κ1) is 10.9. The maximum atomic E-state index is 4.33. The molecule has 1 aromatic rings. The fraction of sp³-hybridized carbons (Fsp3) is 0.636. The molecule has 4 heteroatoms. The van der Waals surface area contributed by atoms with E-state index in [2.05, 4.69) is 36.9 Å². The lowest BCUT2D eigenvalue weighted by Gasteiger charge is -2.32. The van der Waals surface area contributed by atoms with E-state index >= 15 is 0 Å². The summed E-state index contributed by atoms with van der Waals surface area (Å²) in [5.74, 6) is 1.84. The number of aromatic nitrogens is 2. The van der Waals surface area contributed by atoms with Gasteiger partial charge in [-0.05, 0) is 25.7 Å². The summed E-state index contributed by atoms with van der Waals surface area (Å²) in [4.78, 5) is 10.8. The van der Waals surface area contributed by atoms with Crippen molar-refractivity contribution in [1.82, 2.24) is 9.97 Å². The van der Waals surface area contributed by atoms with Gasteiger partial charge in [-0.2, -0.15) is 0 Å². The highest BCUT2D eigenvalue weighted by Gasteiger charge is 2.19. The van der Waals surface area contributed by atoms with Gasteiger partial charge >= 0.3 is 0 Å². The minimum absolute atomic E-state index is 0.758. The number of piperidine rings is 1. The zero-order valence-corrected chi connectivity index (χ0v) is 10.6. The first-order valence-electron chi connectivity index (χ1n) is 5.39. The molecule has 0 N–H and O–H groups in total. The van der Waals surface area contributed by atoms with Crippen LogP contribution in [0, 0.1) is 12.8 Å². The molecule has 0 aromatic carbocycles. The average molecular weight is 270 g/mol. The number of aryl methyl sites for hydroxylation is 1. The number of rotatable bonds is 2. The lowest BCUT2D eigenvalue weighted by molar-refractivity contribution is 0.452. The van der Waals surface area contributed by atoms with Crippen LogP contribution in [0.2, 0.25) is 0 Å². The van der Waals surface area contributed by atoms with Crippen molar-refractivity contribution in [2.24, 2.45) is 5.92 Å². The Morgan fingerprint density at radius 1 is 1.53 bits per heavy atom. The Bertz CT molecular complexity index is 329. The summed E-state index contributed by atoms with van der Waals surface area (Å²) in [7, 11) is 0. The standard InChI is InChI=1S/C11H16BrN3/c1-9-5-11(14-8-13-9)15-4-2-3-10(6-12)7-15/h5,8,10H,2-4,6-7H2,1H3. The molecule has 1 saturated heterocycles. The topological polar surface area (TPSA) is 29.0 Å². The number of hydrogen-bond acceptors (Lipinski definition) is 3. The van der Waals surface area contributed by atoms with Crippen LogP contribution < -0.4 is 4.90 Å². The van der Waals surface area contributed by atoms with Gasteiger partial charge in [-0.1, -0.05) is 15.9 Å². The van der Waals surface area contributed by atoms with E-state index in [0.29, 0.717) is 0 Å². The first-order chi connectivity index (χ1) is 7.29. The minimum Gasteiger partial charge on any atom is -0.356 e. The minimum atomic E-state index is 0.758. The largest absolute Gasteiger partial charge is 0.356 e. The zero-order chi connectivity index (χ0) is 10.7. The third-order valence-electron chi connectivity index (χ3n) is 2.85. The highest BCUT2D eigenvalue weighted by atomic mass is 79.9. The second-order valence-corrected chi connectivity index (χ2v) is 4.77. The van der Waals surface area contributed by atoms with Crippen LogP contribution in [0.15, 0.2) is 12.4 Å². The number of halogens is 1. The molecule has 0 radical (unpaired) electrons. The Morgan fingerprint density at radius 2 is 2.40 bits per heavy atom. The summed E-state index contributed by atoms with van der Waals surface area (Å²) in [6.07, 6.45) is 4.24. The van der Waals surface area contributed by atoms with Crippen molar-refractivity contribution in [2.45, 2.75) is 19.8 Å². The molecule has 3 nitrogen and oxygen atoms in total. The average Bonchev–Trinajstić information content (AvgIpc) is 2.29. The van der Waals surface area contributed by atoms with E-state index in [1.54, 1.807) is 6.33 Å². The molecule has 0 amide bonds. The normalized spacial score (nSPS) is 21.7. The molecule has 1 aromatic heterocycles. The molecule has 0 bridgehead atoms. The summed E-state index contributed by atoms with van der Waals surface area (Å²) < 4.78 is 0. The Morgan fingerprint density at radius 3 is 3.13 bits per heavy atom. The quantitative estimate of drug-likeness (QED) is 0.773. The van der Waals surface area contributed by atoms with Crippen LogP contribution in [-0.4, -0.2) is 28.4 Å². The molecule has 82 valence electrons. The van der Waals surface area contributed by atoms with Crippen molar-refractivity contribution in [3.8, 4) is 0 Å². The summed E-state index contributed by atoms with van der Waals surface area (Å²) >= 11 is 3.57. The molecular formula is C11H16BrN3. The van der Waals surface area contributed by atoms with E-state index in [4.69, 9.17) is 0 Å². The first-order valence-corrected chi connectivity index (χ1v) is 6.51. The molecule has 1 aliphatic heterocycles. The second-order valence-electron chi connectivity index (χ2n) is 4.13. The van der Waals surface area contributed by atoms with Crippen LogP contribution in [-0.2, 0) is 0 Å². The second kappa shape index (κ2) is 4.92. The van der Waals surface area contributed by atoms with E-state index in [9.17, 15) is 0 Å². The van der Waals surface area contributed by atoms with Crippen LogP contribution in [0.25, 0.3) is 0 Å². The van der Waals surface area contributed by atoms with Crippen molar-refractivity contribution in [3.63, 3.8) is 0 Å². The molecular weight excluding hydrogens is 254 g/mol. The number of alkyl halides is 1. The van der Waals surface area contributed by atoms with Gasteiger partial charge in [0.05, 0.1) is 0 Å². The number of hydrogen-bond donors (Lipinski definition) is 0. The molecule has 0 spiro atoms. The molecule has 1 unspecified atom stereocenters. The molecule has 1 aliphatic rings. The van der Waals surface area contributed by atoms with Crippen LogP contribution in [0.1, 0.15) is 18.5 Å². The predicted molar refractivity (Wildman–Crippen MR) is 65.5 cm³/mol. The van der Waals surface area contributed by atoms with Crippen molar-refractivity contribution >= 4 is 21.7 Å². The Labute approximate surface area is 99.0 Å². The third kappa shape index (κ3) is 2.68. The molecule has 0 saturated carbocycles. The highest BCUT2D eigenvalue weighted by molar-refractivity contribution is 9.09. The fourth-order valence-corrected chi connectivity index (χ4v) is 2.54. The molecule has 2 rings (SSSR count). The Kier molecular flexibility index (Phi) is 3.57. The van der Waals surface area contributed by atoms with Gasteiger partial charge in [0.1, 0.15) is 12.1 Å². The molecule has 0 aliphatic carbocycles. The maximum Gasteiger partial charge on any atom is 0.132 e. The molecule has 1 atom stereocenters. The van der Waals surface area contributed by atoms with Gasteiger partial charge in [0.2, 0.25) is 0 Å². The van der Waals surface area contributed by atoms with Gasteiger partial charge in [0, 0.05) is 30.2 Å². The number of nitrogens with zero attached hydrogens (tertiary/aromatic N) is 3. The van der Waals surface area contributed by atoms with E-state index in [1.807, 2.05) is 6.92 Å². The summed E-state index contributed by atoms with van der Waals surface area (Å²) in [5, 5.41) is 1.09. The van der Waals surface area contributed by atoms with E-state index < -0.39 is 0 Å². The van der Waals surface area contributed by atoms with Gasteiger partial charge in [-0.15, -0.1) is 0 Å². The highest BCUT2D eigenvalue weighted by Crippen LogP contribution is 2.22. The predicted octanol–water partition coefficient (Wildman–Crippen LogP) is 2.40. The fourth-order valence-electron chi connectivity index (χ4n) is 2.01. The van der Waals surface area contributed by atoms with E-state index in [0.717, 1.165) is 35.8 Å². The summed E-state index contributed by atoms with van der Waals surface area (Å²) in [5.41, 5.74) is 1.04. The van der Waals surface area contributed by atoms with Crippen molar-refractivity contribution in [1.29, 1.82) is 0 Å². The zero-order valence-electron chi connectivity index (χ0n) is 8.99. The molecule has 15 heavy (non-hydrogen) atoms. The van der Waals surface area contributed by atoms with Crippen molar-refractivity contribution in [3.05, 3.63) is 18.1 Å². The summed E-state index contributed by atoms with van der Waals surface area (Å²) in [6, 6.07) is 2.07. The van der Waals surface area contributed by atoms with Gasteiger partial charge in [0.25, 0.3) is 0 Å². The van der Waals surface area contributed by atoms with Gasteiger partial charge in [-0.3, -0.25) is 0 Å². The van der Waals surface area contributed by atoms with Crippen molar-refractivity contribution < 1.29 is 0 Å². The van der Waals surface area contributed by atoms with Gasteiger partial charge < -0.3 is 4.90 Å². The van der Waals surface area contributed by atoms with Crippen LogP contribution in [0.3, 0.4) is 0 Å². The van der Waals surface area contributed by atoms with E-state index in [-0.39, 0.29) is 0 Å². The SMILES string of the molecule is Cc1cc(N2CCCC(CBr)C2)ncn1. The van der Waals surface area contributed by atoms with E-state index in [1.165, 1.54) is 12.8 Å². The maximum absolute atomic E-state index is 4.33. The van der Waals surface area contributed by atoms with Gasteiger partial charge in [-0.25, -0.2) is 9.97 Å². The Hall–Kier alpha value is -0.640. The Balaban J connectivity index is 2.09. The van der Waals surface area contributed by atoms with Gasteiger partial charge in [0.15, 0.2) is 0 Å². The lowest BCUT2D eigenvalue weighted by atomic mass is 10.0. The van der Waals surface area contributed by atoms with Crippen molar-refractivity contribution in [2.75, 3.05) is 23.3 Å². The lowest BCUT2D eigenvalue weighted by Crippen LogP contribution is -2.36. The monoisotopic (exact) mass is 269 g/mol. The third-order valence-corrected chi connectivity index (χ3v) is 3.77. The summed E-state index contributed by atoms with van der Waals surface area (Å²) in [6.45, 7) is 4.25. The van der Waals surface area contributed by atoms with Crippen LogP contribution in [0.5, 0.6) is 0 Å². The molecule has 2 heterocycles.